The molecule has 388 valence electrons. The molecule has 75 heavy (non-hydrogen) atoms. The van der Waals surface area contributed by atoms with Crippen LogP contribution in [0.4, 0.5) is 0 Å². The lowest BCUT2D eigenvalue weighted by Gasteiger charge is -2.23. The summed E-state index contributed by atoms with van der Waals surface area (Å²) in [6, 6.07) is 47.5. The summed E-state index contributed by atoms with van der Waals surface area (Å²) in [5.41, 5.74) is 16.0. The number of rotatable bonds is 16. The predicted octanol–water partition coefficient (Wildman–Crippen LogP) is 20.1. The molecule has 0 amide bonds. The van der Waals surface area contributed by atoms with Crippen molar-refractivity contribution in [2.24, 2.45) is 0 Å². The third-order valence-electron chi connectivity index (χ3n) is 14.9. The Labute approximate surface area is 461 Å². The van der Waals surface area contributed by atoms with Gasteiger partial charge in [0, 0.05) is 44.0 Å². The summed E-state index contributed by atoms with van der Waals surface area (Å²) in [5.74, 6) is 24.4. The van der Waals surface area contributed by atoms with Crippen LogP contribution in [0.1, 0.15) is 240 Å². The molecule has 2 aliphatic rings. The minimum Gasteiger partial charge on any atom is -0.115 e. The molecule has 2 aliphatic carbocycles. The van der Waals surface area contributed by atoms with E-state index >= 15 is 0 Å². The van der Waals surface area contributed by atoms with Crippen LogP contribution in [0.25, 0.3) is 0 Å². The molecular formula is C74H85Cl. The van der Waals surface area contributed by atoms with Gasteiger partial charge in [0.15, 0.2) is 0 Å². The van der Waals surface area contributed by atoms with Crippen LogP contribution >= 0.6 is 11.6 Å². The zero-order chi connectivity index (χ0) is 52.7. The standard InChI is InChI=1S/C37H42.C26H31Cl.C11H12/c1-3-5-6-8-12-31-17-21-32(22-18-31)23-24-34-26-28-36(37(29-34)35-13-9-7-10-14-35)27-25-33-19-15-30(11-4-2)16-20-33;1-2-3-4-6-9-21-12-14-22(15-13-21)16-17-24-18-19-25(27)20-26(24)23-10-7-5-8-11-23;1-3-5-11-8-6-10(4-2)7-9-11/h15-22,26,28-29,35H,3-14H2,1-2H3;12-15,18-20,23H,2-11H2,1H3;2,6-9H,3,5H2,1H3. The molecule has 2 saturated carbocycles. The zero-order valence-electron chi connectivity index (χ0n) is 46.3. The van der Waals surface area contributed by atoms with Crippen LogP contribution in [0.5, 0.6) is 0 Å². The van der Waals surface area contributed by atoms with Crippen LogP contribution in [-0.2, 0) is 25.7 Å². The first-order chi connectivity index (χ1) is 36.9. The number of terminal acetylenes is 1. The van der Waals surface area contributed by atoms with Gasteiger partial charge < -0.3 is 0 Å². The van der Waals surface area contributed by atoms with E-state index in [1.165, 1.54) is 180 Å². The van der Waals surface area contributed by atoms with Gasteiger partial charge in [-0.15, -0.1) is 6.42 Å². The first-order valence-electron chi connectivity index (χ1n) is 29.2. The van der Waals surface area contributed by atoms with Crippen molar-refractivity contribution >= 4 is 11.6 Å². The molecule has 0 saturated heterocycles. The van der Waals surface area contributed by atoms with Crippen molar-refractivity contribution in [3.05, 3.63) is 211 Å². The summed E-state index contributed by atoms with van der Waals surface area (Å²) < 4.78 is 0. The fraction of sp³-hybridized carbons (Fsp3) is 0.405. The maximum Gasteiger partial charge on any atom is 0.0409 e. The minimum absolute atomic E-state index is 0.596. The van der Waals surface area contributed by atoms with Crippen molar-refractivity contribution in [2.75, 3.05) is 0 Å². The van der Waals surface area contributed by atoms with Gasteiger partial charge in [-0.3, -0.25) is 0 Å². The average molecular weight is 1010 g/mol. The molecule has 8 rings (SSSR count). The molecule has 0 heterocycles. The van der Waals surface area contributed by atoms with Gasteiger partial charge in [-0.2, -0.15) is 0 Å². The number of unbranched alkanes of at least 4 members (excludes halogenated alkanes) is 6. The second-order valence-electron chi connectivity index (χ2n) is 21.0. The van der Waals surface area contributed by atoms with Crippen LogP contribution in [0, 0.1) is 47.9 Å². The molecule has 0 nitrogen and oxygen atoms in total. The summed E-state index contributed by atoms with van der Waals surface area (Å²) in [4.78, 5) is 0. The SMILES string of the molecule is C#Cc1ccc(CCC)cc1.CCCCCCc1ccc(C#Cc2ccc(C#Cc3ccc(CCC)cc3)c(C3CCCCC3)c2)cc1.CCCCCCc1ccc(C#Cc2ccc(Cl)cc2C2CCCCC2)cc1. The lowest BCUT2D eigenvalue weighted by atomic mass is 9.81. The Kier molecular flexibility index (Phi) is 26.1. The van der Waals surface area contributed by atoms with Crippen LogP contribution in [0.2, 0.25) is 5.02 Å². The molecule has 0 aliphatic heterocycles. The Balaban J connectivity index is 0.000000209. The Morgan fingerprint density at radius 1 is 0.360 bits per heavy atom. The van der Waals surface area contributed by atoms with Gasteiger partial charge in [-0.05, 0) is 194 Å². The first-order valence-corrected chi connectivity index (χ1v) is 29.6. The topological polar surface area (TPSA) is 0 Å². The van der Waals surface area contributed by atoms with Crippen molar-refractivity contribution in [3.63, 3.8) is 0 Å². The highest BCUT2D eigenvalue weighted by Gasteiger charge is 2.20. The monoisotopic (exact) mass is 1010 g/mol. The largest absolute Gasteiger partial charge is 0.115 e. The van der Waals surface area contributed by atoms with E-state index in [0.29, 0.717) is 11.8 Å². The number of aryl methyl sites for hydroxylation is 4. The Morgan fingerprint density at radius 3 is 1.13 bits per heavy atom. The summed E-state index contributed by atoms with van der Waals surface area (Å²) in [7, 11) is 0. The van der Waals surface area contributed by atoms with Crippen molar-refractivity contribution in [1.29, 1.82) is 0 Å². The molecular weight excluding hydrogens is 924 g/mol. The van der Waals surface area contributed by atoms with E-state index in [1.807, 2.05) is 18.2 Å². The molecule has 0 radical (unpaired) electrons. The second-order valence-corrected chi connectivity index (χ2v) is 21.4. The van der Waals surface area contributed by atoms with E-state index in [2.05, 4.69) is 184 Å². The Morgan fingerprint density at radius 2 is 0.720 bits per heavy atom. The zero-order valence-corrected chi connectivity index (χ0v) is 47.0. The van der Waals surface area contributed by atoms with Crippen molar-refractivity contribution in [2.45, 2.75) is 194 Å². The van der Waals surface area contributed by atoms with Crippen LogP contribution in [0.3, 0.4) is 0 Å². The fourth-order valence-electron chi connectivity index (χ4n) is 10.4. The number of halogens is 1. The lowest BCUT2D eigenvalue weighted by molar-refractivity contribution is 0.443. The minimum atomic E-state index is 0.596. The third kappa shape index (κ3) is 20.8. The molecule has 0 spiro atoms. The molecule has 0 N–H and O–H groups in total. The molecule has 2 fully saturated rings. The van der Waals surface area contributed by atoms with Crippen LogP contribution < -0.4 is 0 Å². The second kappa shape index (κ2) is 33.7. The Hall–Kier alpha value is -6.15. The maximum absolute atomic E-state index is 6.28. The first kappa shape index (κ1) is 58.1. The van der Waals surface area contributed by atoms with E-state index in [4.69, 9.17) is 18.0 Å². The fourth-order valence-corrected chi connectivity index (χ4v) is 10.6. The molecule has 1 heteroatoms. The third-order valence-corrected chi connectivity index (χ3v) is 15.1. The van der Waals surface area contributed by atoms with Gasteiger partial charge in [0.25, 0.3) is 0 Å². The number of hydrogen-bond donors (Lipinski definition) is 0. The van der Waals surface area contributed by atoms with Crippen molar-refractivity contribution < 1.29 is 0 Å². The highest BCUT2D eigenvalue weighted by Crippen LogP contribution is 2.36. The highest BCUT2D eigenvalue weighted by molar-refractivity contribution is 6.30. The number of benzene rings is 6. The molecule has 6 aromatic carbocycles. The van der Waals surface area contributed by atoms with E-state index in [1.54, 1.807) is 0 Å². The highest BCUT2D eigenvalue weighted by atomic mass is 35.5. The summed E-state index contributed by atoms with van der Waals surface area (Å²) in [6.07, 6.45) is 35.7. The quantitative estimate of drug-likeness (QED) is 0.0669. The molecule has 0 aromatic heterocycles. The summed E-state index contributed by atoms with van der Waals surface area (Å²) >= 11 is 6.28. The van der Waals surface area contributed by atoms with E-state index in [0.717, 1.165) is 51.2 Å². The summed E-state index contributed by atoms with van der Waals surface area (Å²) in [5, 5.41) is 0.827. The predicted molar refractivity (Wildman–Crippen MR) is 325 cm³/mol. The average Bonchev–Trinajstić information content (AvgIpc) is 3.46. The molecule has 0 atom stereocenters. The van der Waals surface area contributed by atoms with Gasteiger partial charge in [0.2, 0.25) is 0 Å². The van der Waals surface area contributed by atoms with Gasteiger partial charge in [-0.25, -0.2) is 0 Å². The van der Waals surface area contributed by atoms with Crippen molar-refractivity contribution in [3.8, 4) is 47.9 Å². The van der Waals surface area contributed by atoms with E-state index in [-0.39, 0.29) is 0 Å². The number of hydrogen-bond acceptors (Lipinski definition) is 0. The lowest BCUT2D eigenvalue weighted by Crippen LogP contribution is -2.06. The smallest absolute Gasteiger partial charge is 0.0409 e. The van der Waals surface area contributed by atoms with Gasteiger partial charge >= 0.3 is 0 Å². The molecule has 6 aromatic rings. The van der Waals surface area contributed by atoms with E-state index < -0.39 is 0 Å². The van der Waals surface area contributed by atoms with Crippen LogP contribution in [-0.4, -0.2) is 0 Å². The maximum atomic E-state index is 6.28. The van der Waals surface area contributed by atoms with Gasteiger partial charge in [-0.1, -0.05) is 219 Å². The van der Waals surface area contributed by atoms with Crippen molar-refractivity contribution in [1.82, 2.24) is 0 Å². The Bertz CT molecular complexity index is 2820. The summed E-state index contributed by atoms with van der Waals surface area (Å²) in [6.45, 7) is 8.92. The van der Waals surface area contributed by atoms with E-state index in [9.17, 15) is 0 Å². The molecule has 0 unspecified atom stereocenters. The van der Waals surface area contributed by atoms with Crippen LogP contribution in [0.15, 0.2) is 133 Å². The van der Waals surface area contributed by atoms with Gasteiger partial charge in [0.1, 0.15) is 0 Å². The normalized spacial score (nSPS) is 13.2. The van der Waals surface area contributed by atoms with Gasteiger partial charge in [0.05, 0.1) is 0 Å². The molecule has 0 bridgehead atoms.